The topological polar surface area (TPSA) is 26.1 Å². The summed E-state index contributed by atoms with van der Waals surface area (Å²) in [4.78, 5) is 0. The van der Waals surface area contributed by atoms with Gasteiger partial charge in [0.2, 0.25) is 0 Å². The molecule has 1 aromatic carbocycles. The molecule has 2 aliphatic rings. The molecule has 3 rings (SSSR count). The smallest absolute Gasteiger partial charge is 0.197 e. The van der Waals surface area contributed by atoms with E-state index in [4.69, 9.17) is 12.2 Å². The molecule has 4 heteroatoms. The van der Waals surface area contributed by atoms with Crippen molar-refractivity contribution >= 4 is 22.9 Å². The molecule has 0 spiro atoms. The van der Waals surface area contributed by atoms with E-state index in [0.29, 0.717) is 11.0 Å². The van der Waals surface area contributed by atoms with Gasteiger partial charge >= 0.3 is 0 Å². The third-order valence-electron chi connectivity index (χ3n) is 3.56. The highest BCUT2D eigenvalue weighted by Crippen LogP contribution is 2.37. The van der Waals surface area contributed by atoms with Gasteiger partial charge < -0.3 is 5.32 Å². The van der Waals surface area contributed by atoms with Gasteiger partial charge in [-0.1, -0.05) is 18.2 Å². The molecule has 0 fully saturated rings. The van der Waals surface area contributed by atoms with Crippen LogP contribution in [0.1, 0.15) is 24.8 Å². The van der Waals surface area contributed by atoms with Gasteiger partial charge in [0.05, 0.1) is 5.70 Å². The van der Waals surface area contributed by atoms with Crippen molar-refractivity contribution in [1.82, 2.24) is 10.6 Å². The second kappa shape index (κ2) is 5.13. The first-order chi connectivity index (χ1) is 9.22. The van der Waals surface area contributed by atoms with E-state index in [1.807, 2.05) is 18.3 Å². The normalized spacial score (nSPS) is 21.7. The zero-order chi connectivity index (χ0) is 13.2. The average molecular weight is 273 g/mol. The van der Waals surface area contributed by atoms with Gasteiger partial charge in [-0.3, -0.25) is 0 Å². The van der Waals surface area contributed by atoms with Crippen LogP contribution in [0.25, 0.3) is 5.57 Å². The summed E-state index contributed by atoms with van der Waals surface area (Å²) >= 11 is 4.99. The number of nitrogens with zero attached hydrogens (tertiary/aromatic N) is 1. The van der Waals surface area contributed by atoms with Gasteiger partial charge in [0.15, 0.2) is 5.11 Å². The Kier molecular flexibility index (Phi) is 3.34. The minimum Gasteiger partial charge on any atom is -0.336 e. The number of hydrogen-bond donors (Lipinski definition) is 1. The van der Waals surface area contributed by atoms with Gasteiger partial charge in [-0.25, -0.2) is 9.71 Å². The first kappa shape index (κ1) is 12.4. The zero-order valence-corrected chi connectivity index (χ0v) is 11.2. The lowest BCUT2D eigenvalue weighted by molar-refractivity contribution is 0.623. The van der Waals surface area contributed by atoms with Gasteiger partial charge in [-0.2, -0.15) is 0 Å². The molecule has 1 aromatic rings. The Morgan fingerprint density at radius 2 is 2.11 bits per heavy atom. The molecule has 97 valence electrons. The highest BCUT2D eigenvalue weighted by atomic mass is 32.1. The first-order valence-electron chi connectivity index (χ1n) is 6.39. The summed E-state index contributed by atoms with van der Waals surface area (Å²) in [5.41, 5.74) is 3.41. The Bertz CT molecular complexity index is 560. The summed E-state index contributed by atoms with van der Waals surface area (Å²) in [6.07, 6.45) is 7.20. The van der Waals surface area contributed by atoms with Crippen LogP contribution in [-0.4, -0.2) is 5.11 Å². The predicted molar refractivity (Wildman–Crippen MR) is 77.7 cm³/mol. The maximum Gasteiger partial charge on any atom is 0.197 e. The molecular formula is C15H14FN2S. The maximum atomic E-state index is 13.0. The number of allylic oxidation sites excluding steroid dienone is 3. The third kappa shape index (κ3) is 2.68. The fourth-order valence-electron chi connectivity index (χ4n) is 2.67. The Morgan fingerprint density at radius 3 is 2.79 bits per heavy atom. The summed E-state index contributed by atoms with van der Waals surface area (Å²) in [6.45, 7) is 0. The quantitative estimate of drug-likeness (QED) is 0.855. The van der Waals surface area contributed by atoms with E-state index in [-0.39, 0.29) is 5.82 Å². The molecule has 0 amide bonds. The molecule has 1 atom stereocenters. The lowest BCUT2D eigenvalue weighted by Gasteiger charge is -2.15. The van der Waals surface area contributed by atoms with Crippen LogP contribution in [0.2, 0.25) is 0 Å². The molecule has 0 saturated heterocycles. The second-order valence-electron chi connectivity index (χ2n) is 4.84. The fourth-order valence-corrected chi connectivity index (χ4v) is 2.84. The van der Waals surface area contributed by atoms with Gasteiger partial charge in [0, 0.05) is 6.20 Å². The highest BCUT2D eigenvalue weighted by Gasteiger charge is 2.24. The van der Waals surface area contributed by atoms with Crippen LogP contribution in [-0.2, 0) is 0 Å². The van der Waals surface area contributed by atoms with Gasteiger partial charge in [0.1, 0.15) is 5.82 Å². The lowest BCUT2D eigenvalue weighted by atomic mass is 9.91. The van der Waals surface area contributed by atoms with E-state index in [2.05, 4.69) is 16.7 Å². The molecule has 19 heavy (non-hydrogen) atoms. The van der Waals surface area contributed by atoms with E-state index < -0.39 is 0 Å². The Labute approximate surface area is 117 Å². The summed E-state index contributed by atoms with van der Waals surface area (Å²) in [6, 6.07) is 6.73. The monoisotopic (exact) mass is 273 g/mol. The molecule has 1 aliphatic heterocycles. The standard InChI is InChI=1S/C15H14FN2S/c16-12-6-4-10(5-7-12)14-3-1-2-11(14)8-13-9-17-15(19)18-13/h3-7,9,11H,1-2,8H2,(H,17,19)/t11-/m1/s1. The van der Waals surface area contributed by atoms with E-state index in [1.165, 1.54) is 17.7 Å². The maximum absolute atomic E-state index is 13.0. The Morgan fingerprint density at radius 1 is 1.32 bits per heavy atom. The number of rotatable bonds is 3. The van der Waals surface area contributed by atoms with E-state index in [1.54, 1.807) is 0 Å². The van der Waals surface area contributed by atoms with Crippen molar-refractivity contribution in [2.75, 3.05) is 0 Å². The van der Waals surface area contributed by atoms with Gasteiger partial charge in [0.25, 0.3) is 0 Å². The van der Waals surface area contributed by atoms with Crippen LogP contribution in [0.3, 0.4) is 0 Å². The molecular weight excluding hydrogens is 259 g/mol. The van der Waals surface area contributed by atoms with Crippen LogP contribution in [0.4, 0.5) is 4.39 Å². The molecule has 2 nitrogen and oxygen atoms in total. The van der Waals surface area contributed by atoms with Gasteiger partial charge in [-0.15, -0.1) is 0 Å². The SMILES string of the molecule is Fc1ccc(C2=CCC[C@@H]2CC2=CNC(=S)[N]2)cc1. The van der Waals surface area contributed by atoms with Crippen molar-refractivity contribution in [1.29, 1.82) is 0 Å². The van der Waals surface area contributed by atoms with E-state index >= 15 is 0 Å². The summed E-state index contributed by atoms with van der Waals surface area (Å²) < 4.78 is 13.0. The van der Waals surface area contributed by atoms with E-state index in [9.17, 15) is 4.39 Å². The number of thiocarbonyl (C=S) groups is 1. The molecule has 0 bridgehead atoms. The van der Waals surface area contributed by atoms with Crippen molar-refractivity contribution in [3.63, 3.8) is 0 Å². The molecule has 1 radical (unpaired) electrons. The van der Waals surface area contributed by atoms with Crippen molar-refractivity contribution in [3.8, 4) is 0 Å². The fraction of sp³-hybridized carbons (Fsp3) is 0.267. The van der Waals surface area contributed by atoms with Gasteiger partial charge in [-0.05, 0) is 60.7 Å². The molecule has 1 aliphatic carbocycles. The second-order valence-corrected chi connectivity index (χ2v) is 5.23. The number of halogens is 1. The number of benzene rings is 1. The molecule has 0 saturated carbocycles. The zero-order valence-electron chi connectivity index (χ0n) is 10.4. The largest absolute Gasteiger partial charge is 0.336 e. The molecule has 1 N–H and O–H groups in total. The van der Waals surface area contributed by atoms with Crippen LogP contribution in [0, 0.1) is 11.7 Å². The summed E-state index contributed by atoms with van der Waals surface area (Å²) in [7, 11) is 0. The number of hydrogen-bond acceptors (Lipinski definition) is 1. The molecule has 1 heterocycles. The predicted octanol–water partition coefficient (Wildman–Crippen LogP) is 3.34. The Balaban J connectivity index is 1.74. The van der Waals surface area contributed by atoms with Crippen LogP contribution in [0.5, 0.6) is 0 Å². The van der Waals surface area contributed by atoms with Crippen LogP contribution in [0.15, 0.2) is 42.2 Å². The van der Waals surface area contributed by atoms with E-state index in [0.717, 1.165) is 30.5 Å². The van der Waals surface area contributed by atoms with Crippen LogP contribution < -0.4 is 10.6 Å². The minimum atomic E-state index is -0.193. The summed E-state index contributed by atoms with van der Waals surface area (Å²) in [5, 5.41) is 7.77. The molecule has 0 unspecified atom stereocenters. The van der Waals surface area contributed by atoms with Crippen molar-refractivity contribution in [3.05, 3.63) is 53.6 Å². The van der Waals surface area contributed by atoms with Crippen LogP contribution >= 0.6 is 12.2 Å². The number of nitrogens with one attached hydrogen (secondary N) is 1. The summed E-state index contributed by atoms with van der Waals surface area (Å²) in [5.74, 6) is 0.255. The van der Waals surface area contributed by atoms with Crippen molar-refractivity contribution < 1.29 is 4.39 Å². The van der Waals surface area contributed by atoms with Crippen molar-refractivity contribution in [2.24, 2.45) is 5.92 Å². The molecule has 0 aromatic heterocycles. The third-order valence-corrected chi connectivity index (χ3v) is 3.77. The highest BCUT2D eigenvalue weighted by molar-refractivity contribution is 7.80. The average Bonchev–Trinajstić information content (AvgIpc) is 3.00. The Hall–Kier alpha value is -1.68. The van der Waals surface area contributed by atoms with Crippen molar-refractivity contribution in [2.45, 2.75) is 19.3 Å². The minimum absolute atomic E-state index is 0.193. The lowest BCUT2D eigenvalue weighted by Crippen LogP contribution is -2.16. The first-order valence-corrected chi connectivity index (χ1v) is 6.80.